The minimum Gasteiger partial charge on any atom is -0.330 e. The van der Waals surface area contributed by atoms with E-state index in [0.717, 1.165) is 25.7 Å². The van der Waals surface area contributed by atoms with Gasteiger partial charge in [-0.2, -0.15) is 0 Å². The highest BCUT2D eigenvalue weighted by atomic mass is 16.2. The number of likely N-dealkylation sites (tertiary alicyclic amines) is 1. The van der Waals surface area contributed by atoms with Crippen molar-refractivity contribution in [3.8, 4) is 0 Å². The van der Waals surface area contributed by atoms with E-state index in [2.05, 4.69) is 10.9 Å². The van der Waals surface area contributed by atoms with Gasteiger partial charge in [0.05, 0.1) is 5.41 Å². The van der Waals surface area contributed by atoms with Crippen LogP contribution in [0.4, 0.5) is 0 Å². The van der Waals surface area contributed by atoms with Crippen molar-refractivity contribution in [3.05, 3.63) is 35.9 Å². The van der Waals surface area contributed by atoms with E-state index in [9.17, 15) is 14.4 Å². The number of amides is 3. The smallest absolute Gasteiger partial charge is 0.269 e. The molecule has 0 radical (unpaired) electrons. The monoisotopic (exact) mass is 395 g/mol. The fourth-order valence-corrected chi connectivity index (χ4v) is 6.82. The van der Waals surface area contributed by atoms with Crippen molar-refractivity contribution >= 4 is 17.7 Å². The molecule has 1 aromatic carbocycles. The van der Waals surface area contributed by atoms with E-state index in [0.29, 0.717) is 36.3 Å². The lowest BCUT2D eigenvalue weighted by atomic mass is 9.49. The van der Waals surface area contributed by atoms with Crippen molar-refractivity contribution in [2.45, 2.75) is 57.4 Å². The van der Waals surface area contributed by atoms with Crippen LogP contribution in [0, 0.1) is 23.2 Å². The van der Waals surface area contributed by atoms with Gasteiger partial charge in [-0.1, -0.05) is 18.2 Å². The van der Waals surface area contributed by atoms with Gasteiger partial charge in [-0.15, -0.1) is 0 Å². The number of benzene rings is 1. The Kier molecular flexibility index (Phi) is 4.60. The third-order valence-corrected chi connectivity index (χ3v) is 7.64. The van der Waals surface area contributed by atoms with E-state index in [1.54, 1.807) is 24.3 Å². The fourth-order valence-electron chi connectivity index (χ4n) is 6.82. The summed E-state index contributed by atoms with van der Waals surface area (Å²) >= 11 is 0. The first-order valence-corrected chi connectivity index (χ1v) is 11.0. The topological polar surface area (TPSA) is 78.5 Å². The van der Waals surface area contributed by atoms with Gasteiger partial charge in [0.1, 0.15) is 6.04 Å². The quantitative estimate of drug-likeness (QED) is 0.773. The zero-order chi connectivity index (χ0) is 20.0. The number of hydrogen-bond donors (Lipinski definition) is 2. The van der Waals surface area contributed by atoms with Crippen molar-refractivity contribution in [2.24, 2.45) is 23.2 Å². The van der Waals surface area contributed by atoms with Crippen molar-refractivity contribution in [2.75, 3.05) is 6.54 Å². The summed E-state index contributed by atoms with van der Waals surface area (Å²) in [4.78, 5) is 40.5. The van der Waals surface area contributed by atoms with Crippen LogP contribution in [0.25, 0.3) is 0 Å². The molecular formula is C23H29N3O3. The molecule has 1 unspecified atom stereocenters. The van der Waals surface area contributed by atoms with Gasteiger partial charge in [-0.3, -0.25) is 25.2 Å². The molecule has 6 heteroatoms. The van der Waals surface area contributed by atoms with Crippen LogP contribution in [0.15, 0.2) is 30.3 Å². The Labute approximate surface area is 171 Å². The van der Waals surface area contributed by atoms with E-state index < -0.39 is 6.04 Å². The lowest BCUT2D eigenvalue weighted by molar-refractivity contribution is -0.160. The van der Waals surface area contributed by atoms with E-state index >= 15 is 0 Å². The van der Waals surface area contributed by atoms with Gasteiger partial charge >= 0.3 is 0 Å². The predicted molar refractivity (Wildman–Crippen MR) is 107 cm³/mol. The second kappa shape index (κ2) is 7.15. The van der Waals surface area contributed by atoms with Crippen LogP contribution in [0.1, 0.15) is 61.7 Å². The van der Waals surface area contributed by atoms with Crippen LogP contribution in [-0.4, -0.2) is 35.2 Å². The molecule has 4 aliphatic carbocycles. The first-order chi connectivity index (χ1) is 14.0. The molecule has 5 aliphatic rings. The number of nitrogens with zero attached hydrogens (tertiary/aromatic N) is 1. The van der Waals surface area contributed by atoms with Gasteiger partial charge in [-0.05, 0) is 81.3 Å². The summed E-state index contributed by atoms with van der Waals surface area (Å²) in [6.45, 7) is 0.644. The van der Waals surface area contributed by atoms with Crippen LogP contribution in [0.3, 0.4) is 0 Å². The number of hydrogen-bond acceptors (Lipinski definition) is 3. The van der Waals surface area contributed by atoms with Crippen LogP contribution in [0.5, 0.6) is 0 Å². The van der Waals surface area contributed by atoms with Crippen molar-refractivity contribution in [1.82, 2.24) is 15.8 Å². The highest BCUT2D eigenvalue weighted by Gasteiger charge is 2.56. The maximum absolute atomic E-state index is 13.6. The number of nitrogens with one attached hydrogen (secondary N) is 2. The minimum atomic E-state index is -0.480. The average Bonchev–Trinajstić information content (AvgIpc) is 3.20. The molecule has 2 N–H and O–H groups in total. The van der Waals surface area contributed by atoms with Crippen molar-refractivity contribution in [3.63, 3.8) is 0 Å². The molecule has 29 heavy (non-hydrogen) atoms. The van der Waals surface area contributed by atoms with Gasteiger partial charge < -0.3 is 4.90 Å². The van der Waals surface area contributed by atoms with Crippen molar-refractivity contribution in [1.29, 1.82) is 0 Å². The Morgan fingerprint density at radius 2 is 1.52 bits per heavy atom. The van der Waals surface area contributed by atoms with E-state index in [4.69, 9.17) is 0 Å². The maximum atomic E-state index is 13.6. The third-order valence-electron chi connectivity index (χ3n) is 7.64. The Balaban J connectivity index is 1.25. The Morgan fingerprint density at radius 1 is 0.897 bits per heavy atom. The minimum absolute atomic E-state index is 0.198. The second-order valence-corrected chi connectivity index (χ2v) is 9.66. The average molecular weight is 396 g/mol. The molecule has 6 nitrogen and oxygen atoms in total. The molecule has 4 saturated carbocycles. The molecule has 0 spiro atoms. The molecule has 1 aliphatic heterocycles. The zero-order valence-corrected chi connectivity index (χ0v) is 16.7. The Hall–Kier alpha value is -2.37. The molecule has 1 aromatic rings. The normalized spacial score (nSPS) is 34.8. The Bertz CT molecular complexity index is 787. The van der Waals surface area contributed by atoms with Crippen LogP contribution in [-0.2, 0) is 9.59 Å². The molecule has 6 rings (SSSR count). The SMILES string of the molecule is O=C(NNC(=O)C1CCCN1C(=O)C12CC3CC(CC(C3)C1)C2)c1ccccc1. The summed E-state index contributed by atoms with van der Waals surface area (Å²) in [5, 5.41) is 0. The summed E-state index contributed by atoms with van der Waals surface area (Å²) < 4.78 is 0. The van der Waals surface area contributed by atoms with Gasteiger partial charge in [0.25, 0.3) is 11.8 Å². The summed E-state index contributed by atoms with van der Waals surface area (Å²) in [6.07, 6.45) is 8.40. The van der Waals surface area contributed by atoms with Crippen LogP contribution in [0.2, 0.25) is 0 Å². The molecule has 154 valence electrons. The summed E-state index contributed by atoms with van der Waals surface area (Å²) in [6, 6.07) is 8.30. The lowest BCUT2D eigenvalue weighted by Gasteiger charge is -2.56. The number of carbonyl (C=O) groups excluding carboxylic acids is 3. The van der Waals surface area contributed by atoms with Crippen LogP contribution < -0.4 is 10.9 Å². The standard InChI is InChI=1S/C23H29N3O3/c27-20(18-5-2-1-3-6-18)24-25-21(28)19-7-4-8-26(19)22(29)23-12-15-9-16(13-23)11-17(10-15)14-23/h1-3,5-6,15-17,19H,4,7-14H2,(H,24,27)(H,25,28). The Morgan fingerprint density at radius 3 is 2.14 bits per heavy atom. The number of hydrazine groups is 1. The molecule has 1 atom stereocenters. The third kappa shape index (κ3) is 3.32. The first kappa shape index (κ1) is 18.6. The lowest BCUT2D eigenvalue weighted by Crippen LogP contribution is -2.58. The van der Waals surface area contributed by atoms with E-state index in [1.807, 2.05) is 11.0 Å². The van der Waals surface area contributed by atoms with Gasteiger partial charge in [0.15, 0.2) is 0 Å². The largest absolute Gasteiger partial charge is 0.330 e. The number of carbonyl (C=O) groups is 3. The fraction of sp³-hybridized carbons (Fsp3) is 0.609. The molecule has 0 aromatic heterocycles. The molecule has 5 fully saturated rings. The molecular weight excluding hydrogens is 366 g/mol. The summed E-state index contributed by atoms with van der Waals surface area (Å²) in [7, 11) is 0. The van der Waals surface area contributed by atoms with E-state index in [-0.39, 0.29) is 23.1 Å². The predicted octanol–water partition coefficient (Wildman–Crippen LogP) is 2.66. The summed E-state index contributed by atoms with van der Waals surface area (Å²) in [5.74, 6) is 1.66. The first-order valence-electron chi connectivity index (χ1n) is 11.0. The number of rotatable bonds is 3. The highest BCUT2D eigenvalue weighted by Crippen LogP contribution is 2.60. The van der Waals surface area contributed by atoms with E-state index in [1.165, 1.54) is 19.3 Å². The molecule has 4 bridgehead atoms. The van der Waals surface area contributed by atoms with Gasteiger partial charge in [0, 0.05) is 12.1 Å². The van der Waals surface area contributed by atoms with Crippen LogP contribution >= 0.6 is 0 Å². The van der Waals surface area contributed by atoms with Gasteiger partial charge in [0.2, 0.25) is 5.91 Å². The summed E-state index contributed by atoms with van der Waals surface area (Å²) in [5.41, 5.74) is 5.30. The van der Waals surface area contributed by atoms with Crippen molar-refractivity contribution < 1.29 is 14.4 Å². The molecule has 1 heterocycles. The van der Waals surface area contributed by atoms with Gasteiger partial charge in [-0.25, -0.2) is 0 Å². The highest BCUT2D eigenvalue weighted by molar-refractivity contribution is 5.96. The maximum Gasteiger partial charge on any atom is 0.269 e. The zero-order valence-electron chi connectivity index (χ0n) is 16.7. The molecule has 1 saturated heterocycles. The molecule has 3 amide bonds. The second-order valence-electron chi connectivity index (χ2n) is 9.66.